The molecule has 0 aliphatic carbocycles. The van der Waals surface area contributed by atoms with Crippen molar-refractivity contribution in [1.82, 2.24) is 9.78 Å². The molecule has 0 saturated heterocycles. The Kier molecular flexibility index (Phi) is 2.63. The fourth-order valence-corrected chi connectivity index (χ4v) is 0.906. The van der Waals surface area contributed by atoms with Crippen LogP contribution < -0.4 is 0 Å². The summed E-state index contributed by atoms with van der Waals surface area (Å²) in [5.74, 6) is -0.948. The van der Waals surface area contributed by atoms with Crippen molar-refractivity contribution in [3.63, 3.8) is 0 Å². The van der Waals surface area contributed by atoms with Gasteiger partial charge in [-0.2, -0.15) is 5.10 Å². The second-order valence-corrected chi connectivity index (χ2v) is 2.32. The van der Waals surface area contributed by atoms with E-state index in [1.807, 2.05) is 0 Å². The van der Waals surface area contributed by atoms with Crippen LogP contribution in [0.25, 0.3) is 0 Å². The van der Waals surface area contributed by atoms with E-state index in [0.717, 1.165) is 6.42 Å². The molecule has 0 radical (unpaired) electrons. The number of hydrogen-bond donors (Lipinski definition) is 1. The van der Waals surface area contributed by atoms with Gasteiger partial charge in [-0.05, 0) is 12.5 Å². The summed E-state index contributed by atoms with van der Waals surface area (Å²) >= 11 is 0. The van der Waals surface area contributed by atoms with Gasteiger partial charge in [-0.25, -0.2) is 4.79 Å². The third kappa shape index (κ3) is 1.72. The van der Waals surface area contributed by atoms with Crippen LogP contribution in [0, 0.1) is 0 Å². The summed E-state index contributed by atoms with van der Waals surface area (Å²) in [6.07, 6.45) is 3.93. The van der Waals surface area contributed by atoms with Crippen molar-refractivity contribution in [3.05, 3.63) is 30.6 Å². The number of aromatic nitrogens is 2. The zero-order valence-electron chi connectivity index (χ0n) is 6.60. The van der Waals surface area contributed by atoms with Crippen LogP contribution in [0.5, 0.6) is 0 Å². The summed E-state index contributed by atoms with van der Waals surface area (Å²) in [6.45, 7) is 4.11. The number of nitrogens with zero attached hydrogens (tertiary/aromatic N) is 2. The summed E-state index contributed by atoms with van der Waals surface area (Å²) in [5.41, 5.74) is 0.219. The van der Waals surface area contributed by atoms with Gasteiger partial charge in [-0.1, -0.05) is 6.08 Å². The van der Waals surface area contributed by atoms with Crippen LogP contribution in [-0.4, -0.2) is 20.9 Å². The number of carboxylic acid groups (broad SMARTS) is 1. The topological polar surface area (TPSA) is 55.1 Å². The Labute approximate surface area is 70.1 Å². The standard InChI is InChI=1S/C8H10N2O2/c1-2-3-6-10-7(8(11)12)4-5-9-10/h2,4-5H,1,3,6H2,(H,11,12). The molecule has 1 heterocycles. The average Bonchev–Trinajstić information content (AvgIpc) is 2.48. The lowest BCUT2D eigenvalue weighted by Gasteiger charge is -2.00. The van der Waals surface area contributed by atoms with E-state index >= 15 is 0 Å². The zero-order chi connectivity index (χ0) is 8.97. The molecule has 1 aromatic rings. The van der Waals surface area contributed by atoms with Crippen LogP contribution in [0.15, 0.2) is 24.9 Å². The molecule has 64 valence electrons. The maximum Gasteiger partial charge on any atom is 0.354 e. The largest absolute Gasteiger partial charge is 0.477 e. The molecule has 1 N–H and O–H groups in total. The first-order chi connectivity index (χ1) is 5.75. The van der Waals surface area contributed by atoms with Crippen molar-refractivity contribution in [3.8, 4) is 0 Å². The summed E-state index contributed by atoms with van der Waals surface area (Å²) in [6, 6.07) is 1.48. The molecule has 0 unspecified atom stereocenters. The molecule has 0 fully saturated rings. The number of rotatable bonds is 4. The summed E-state index contributed by atoms with van der Waals surface area (Å²) in [7, 11) is 0. The number of carboxylic acids is 1. The molecule has 0 aliphatic heterocycles. The van der Waals surface area contributed by atoms with Crippen LogP contribution in [-0.2, 0) is 6.54 Å². The predicted molar refractivity (Wildman–Crippen MR) is 44.0 cm³/mol. The minimum absolute atomic E-state index is 0.219. The zero-order valence-corrected chi connectivity index (χ0v) is 6.60. The van der Waals surface area contributed by atoms with E-state index in [-0.39, 0.29) is 5.69 Å². The third-order valence-corrected chi connectivity index (χ3v) is 1.48. The summed E-state index contributed by atoms with van der Waals surface area (Å²) in [5, 5.41) is 12.5. The van der Waals surface area contributed by atoms with Crippen LogP contribution in [0.1, 0.15) is 16.9 Å². The Bertz CT molecular complexity index is 291. The number of aryl methyl sites for hydroxylation is 1. The minimum atomic E-state index is -0.948. The van der Waals surface area contributed by atoms with E-state index in [9.17, 15) is 4.79 Å². The minimum Gasteiger partial charge on any atom is -0.477 e. The number of carbonyl (C=O) groups is 1. The molecule has 0 saturated carbocycles. The normalized spacial score (nSPS) is 9.67. The average molecular weight is 166 g/mol. The van der Waals surface area contributed by atoms with Gasteiger partial charge in [0.05, 0.1) is 0 Å². The first-order valence-electron chi connectivity index (χ1n) is 3.61. The van der Waals surface area contributed by atoms with Crippen LogP contribution >= 0.6 is 0 Å². The lowest BCUT2D eigenvalue weighted by molar-refractivity contribution is 0.0683. The van der Waals surface area contributed by atoms with Crippen LogP contribution in [0.2, 0.25) is 0 Å². The number of aromatic carboxylic acids is 1. The Balaban J connectivity index is 2.76. The van der Waals surface area contributed by atoms with Crippen molar-refractivity contribution in [1.29, 1.82) is 0 Å². The van der Waals surface area contributed by atoms with E-state index in [2.05, 4.69) is 11.7 Å². The highest BCUT2D eigenvalue weighted by molar-refractivity contribution is 5.85. The predicted octanol–water partition coefficient (Wildman–Crippen LogP) is 1.16. The lowest BCUT2D eigenvalue weighted by atomic mass is 10.4. The Hall–Kier alpha value is -1.58. The fourth-order valence-electron chi connectivity index (χ4n) is 0.906. The van der Waals surface area contributed by atoms with E-state index < -0.39 is 5.97 Å². The maximum absolute atomic E-state index is 10.6. The summed E-state index contributed by atoms with van der Waals surface area (Å²) in [4.78, 5) is 10.6. The quantitative estimate of drug-likeness (QED) is 0.683. The number of hydrogen-bond acceptors (Lipinski definition) is 2. The molecule has 4 nitrogen and oxygen atoms in total. The second kappa shape index (κ2) is 3.71. The van der Waals surface area contributed by atoms with Crippen molar-refractivity contribution < 1.29 is 9.90 Å². The maximum atomic E-state index is 10.6. The number of allylic oxidation sites excluding steroid dienone is 1. The fraction of sp³-hybridized carbons (Fsp3) is 0.250. The van der Waals surface area contributed by atoms with Gasteiger partial charge in [-0.3, -0.25) is 4.68 Å². The van der Waals surface area contributed by atoms with Crippen molar-refractivity contribution >= 4 is 5.97 Å². The molecule has 0 bridgehead atoms. The smallest absolute Gasteiger partial charge is 0.354 e. The molecule has 12 heavy (non-hydrogen) atoms. The molecular formula is C8H10N2O2. The van der Waals surface area contributed by atoms with Crippen LogP contribution in [0.4, 0.5) is 0 Å². The second-order valence-electron chi connectivity index (χ2n) is 2.32. The Morgan fingerprint density at radius 1 is 1.83 bits per heavy atom. The molecule has 0 atom stereocenters. The highest BCUT2D eigenvalue weighted by Gasteiger charge is 2.08. The van der Waals surface area contributed by atoms with E-state index in [1.165, 1.54) is 16.9 Å². The molecule has 0 amide bonds. The highest BCUT2D eigenvalue weighted by atomic mass is 16.4. The van der Waals surface area contributed by atoms with Crippen molar-refractivity contribution in [2.45, 2.75) is 13.0 Å². The van der Waals surface area contributed by atoms with Crippen molar-refractivity contribution in [2.24, 2.45) is 0 Å². The van der Waals surface area contributed by atoms with Gasteiger partial charge < -0.3 is 5.11 Å². The first kappa shape index (κ1) is 8.52. The SMILES string of the molecule is C=CCCn1nccc1C(=O)O. The highest BCUT2D eigenvalue weighted by Crippen LogP contribution is 1.99. The first-order valence-corrected chi connectivity index (χ1v) is 3.61. The molecule has 4 heteroatoms. The molecular weight excluding hydrogens is 156 g/mol. The van der Waals surface area contributed by atoms with Crippen LogP contribution in [0.3, 0.4) is 0 Å². The molecule has 0 spiro atoms. The van der Waals surface area contributed by atoms with E-state index in [0.29, 0.717) is 6.54 Å². The van der Waals surface area contributed by atoms with Gasteiger partial charge in [0.1, 0.15) is 5.69 Å². The van der Waals surface area contributed by atoms with Gasteiger partial charge in [0.2, 0.25) is 0 Å². The van der Waals surface area contributed by atoms with Crippen molar-refractivity contribution in [2.75, 3.05) is 0 Å². The van der Waals surface area contributed by atoms with Gasteiger partial charge >= 0.3 is 5.97 Å². The van der Waals surface area contributed by atoms with Gasteiger partial charge in [-0.15, -0.1) is 6.58 Å². The molecule has 1 rings (SSSR count). The third-order valence-electron chi connectivity index (χ3n) is 1.48. The monoisotopic (exact) mass is 166 g/mol. The Morgan fingerprint density at radius 3 is 3.17 bits per heavy atom. The van der Waals surface area contributed by atoms with Gasteiger partial charge in [0.25, 0.3) is 0 Å². The van der Waals surface area contributed by atoms with Gasteiger partial charge in [0, 0.05) is 12.7 Å². The van der Waals surface area contributed by atoms with Gasteiger partial charge in [0.15, 0.2) is 0 Å². The van der Waals surface area contributed by atoms with E-state index in [1.54, 1.807) is 6.08 Å². The molecule has 0 aromatic carbocycles. The molecule has 0 aliphatic rings. The Morgan fingerprint density at radius 2 is 2.58 bits per heavy atom. The van der Waals surface area contributed by atoms with E-state index in [4.69, 9.17) is 5.11 Å². The molecule has 1 aromatic heterocycles. The lowest BCUT2D eigenvalue weighted by Crippen LogP contribution is -2.09. The summed E-state index contributed by atoms with van der Waals surface area (Å²) < 4.78 is 1.45.